The number of aliphatic hydroxyl groups is 20. The normalized spacial score (nSPS) is 29.7. The summed E-state index contributed by atoms with van der Waals surface area (Å²) in [7, 11) is 0. The quantitative estimate of drug-likeness (QED) is 0.0625. The lowest BCUT2D eigenvalue weighted by Gasteiger charge is -2.43. The summed E-state index contributed by atoms with van der Waals surface area (Å²) in [4.78, 5) is 19.8. The van der Waals surface area contributed by atoms with Gasteiger partial charge in [0.15, 0.2) is 12.6 Å². The topological polar surface area (TPSA) is 448 Å². The third kappa shape index (κ3) is 14.5. The molecule has 0 aromatic rings. The number of hydrogen-bond donors (Lipinski definition) is 20. The Balaban J connectivity index is 0. The fraction of sp³-hybridized carbons (Fsp3) is 0.917. The number of carbonyl (C=O) groups is 2. The van der Waals surface area contributed by atoms with Crippen molar-refractivity contribution in [1.82, 2.24) is 0 Å². The molecule has 0 aromatic heterocycles. The van der Waals surface area contributed by atoms with Crippen molar-refractivity contribution in [3.05, 3.63) is 0 Å². The van der Waals surface area contributed by atoms with Gasteiger partial charge in [-0.2, -0.15) is 0 Å². The zero-order valence-electron chi connectivity index (χ0n) is 24.5. The van der Waals surface area contributed by atoms with Gasteiger partial charge in [-0.3, -0.25) is 0 Å². The molecule has 282 valence electrons. The molecule has 14 unspecified atom stereocenters. The molecule has 47 heavy (non-hydrogen) atoms. The van der Waals surface area contributed by atoms with Crippen molar-refractivity contribution in [1.29, 1.82) is 0 Å². The van der Waals surface area contributed by atoms with Crippen LogP contribution in [0.1, 0.15) is 0 Å². The standard InChI is InChI=1S/C12H24O11.2C6H12O6/c13-1-3(15)5(16)7(18)9(20)11(22)12-10(21)8(19)6(17)4(2-14)23-12;2*7-1-3(9)5(11)6(12)4(10)2-8/h3-22H,1-2H2;2*1,3-6,8-12H,2H2/t3?,4-,5?,6-,7?,8+,9?,10-,11?,12?;;/m1../s1. The predicted octanol–water partition coefficient (Wildman–Crippen LogP) is -13.1. The monoisotopic (exact) mass is 704 g/mol. The Morgan fingerprint density at radius 2 is 0.809 bits per heavy atom. The van der Waals surface area contributed by atoms with Crippen LogP contribution in [0.4, 0.5) is 0 Å². The van der Waals surface area contributed by atoms with E-state index < -0.39 is 136 Å². The first-order valence-electron chi connectivity index (χ1n) is 13.6. The molecule has 0 bridgehead atoms. The van der Waals surface area contributed by atoms with Gasteiger partial charge in [0.2, 0.25) is 0 Å². The zero-order valence-corrected chi connectivity index (χ0v) is 24.5. The lowest BCUT2D eigenvalue weighted by molar-refractivity contribution is -0.264. The van der Waals surface area contributed by atoms with E-state index in [1.54, 1.807) is 0 Å². The number of rotatable bonds is 17. The molecule has 0 aromatic carbocycles. The highest BCUT2D eigenvalue weighted by Crippen LogP contribution is 2.25. The van der Waals surface area contributed by atoms with E-state index in [9.17, 15) is 50.4 Å². The van der Waals surface area contributed by atoms with Crippen LogP contribution in [-0.2, 0) is 14.3 Å². The maximum atomic E-state index is 9.98. The van der Waals surface area contributed by atoms with Crippen LogP contribution in [0.2, 0.25) is 0 Å². The molecular weight excluding hydrogens is 656 g/mol. The van der Waals surface area contributed by atoms with E-state index in [0.717, 1.165) is 0 Å². The fourth-order valence-corrected chi connectivity index (χ4v) is 3.58. The molecule has 0 saturated carbocycles. The summed E-state index contributed by atoms with van der Waals surface area (Å²) in [6, 6.07) is 0. The molecule has 1 fully saturated rings. The Morgan fingerprint density at radius 1 is 0.468 bits per heavy atom. The second kappa shape index (κ2) is 23.8. The highest BCUT2D eigenvalue weighted by atomic mass is 16.6. The van der Waals surface area contributed by atoms with Gasteiger partial charge in [0.1, 0.15) is 110 Å². The number of aldehydes is 2. The number of hydrogen-bond acceptors (Lipinski definition) is 23. The van der Waals surface area contributed by atoms with Crippen LogP contribution in [-0.4, -0.2) is 251 Å². The Kier molecular flexibility index (Phi) is 24.1. The van der Waals surface area contributed by atoms with E-state index in [1.807, 2.05) is 0 Å². The van der Waals surface area contributed by atoms with Crippen molar-refractivity contribution in [3.8, 4) is 0 Å². The molecule has 1 rings (SSSR count). The average molecular weight is 705 g/mol. The van der Waals surface area contributed by atoms with Crippen molar-refractivity contribution in [2.75, 3.05) is 26.4 Å². The molecule has 1 saturated heterocycles. The molecule has 23 nitrogen and oxygen atoms in total. The van der Waals surface area contributed by atoms with Crippen LogP contribution in [0, 0.1) is 0 Å². The van der Waals surface area contributed by atoms with Crippen molar-refractivity contribution >= 4 is 12.6 Å². The molecule has 0 spiro atoms. The SMILES string of the molecule is O=CC(O)C(O)C(O)C(O)CO.O=CC(O)C(O)C(O)C(O)CO.OCC(O)C(O)C(O)C(O)C(O)C1O[C@H](CO)[C@@H](O)[C@H](O)[C@H]1O. The molecule has 1 aliphatic rings. The molecule has 0 radical (unpaired) electrons. The largest absolute Gasteiger partial charge is 0.394 e. The lowest BCUT2D eigenvalue weighted by Crippen LogP contribution is -2.64. The first-order chi connectivity index (χ1) is 21.7. The van der Waals surface area contributed by atoms with Gasteiger partial charge >= 0.3 is 0 Å². The zero-order chi connectivity index (χ0) is 37.3. The second-order valence-electron chi connectivity index (χ2n) is 10.2. The molecule has 20 N–H and O–H groups in total. The van der Waals surface area contributed by atoms with Gasteiger partial charge in [0.05, 0.1) is 26.4 Å². The van der Waals surface area contributed by atoms with Crippen LogP contribution in [0.15, 0.2) is 0 Å². The number of aliphatic hydroxyl groups excluding tert-OH is 20. The Morgan fingerprint density at radius 3 is 1.11 bits per heavy atom. The van der Waals surface area contributed by atoms with Gasteiger partial charge in [-0.25, -0.2) is 0 Å². The first-order valence-corrected chi connectivity index (χ1v) is 13.6. The van der Waals surface area contributed by atoms with Gasteiger partial charge < -0.3 is 116 Å². The molecule has 18 atom stereocenters. The van der Waals surface area contributed by atoms with Gasteiger partial charge in [-0.1, -0.05) is 0 Å². The highest BCUT2D eigenvalue weighted by Gasteiger charge is 2.49. The fourth-order valence-electron chi connectivity index (χ4n) is 3.58. The Bertz CT molecular complexity index is 792. The third-order valence-electron chi connectivity index (χ3n) is 6.74. The summed E-state index contributed by atoms with van der Waals surface area (Å²) in [6.07, 6.45) is -32.1. The number of ether oxygens (including phenoxy) is 1. The molecule has 23 heteroatoms. The lowest BCUT2D eigenvalue weighted by atomic mass is 9.88. The van der Waals surface area contributed by atoms with Crippen molar-refractivity contribution in [3.63, 3.8) is 0 Å². The van der Waals surface area contributed by atoms with Crippen molar-refractivity contribution in [2.45, 2.75) is 110 Å². The first kappa shape index (κ1) is 47.6. The summed E-state index contributed by atoms with van der Waals surface area (Å²) in [5.74, 6) is 0. The Labute approximate surface area is 265 Å². The van der Waals surface area contributed by atoms with Crippen LogP contribution in [0.5, 0.6) is 0 Å². The second-order valence-corrected chi connectivity index (χ2v) is 10.2. The molecule has 0 amide bonds. The van der Waals surface area contributed by atoms with E-state index in [1.165, 1.54) is 0 Å². The van der Waals surface area contributed by atoms with Gasteiger partial charge in [-0.05, 0) is 0 Å². The minimum absolute atomic E-state index is 0.0258. The average Bonchev–Trinajstić information content (AvgIpc) is 3.09. The maximum Gasteiger partial charge on any atom is 0.151 e. The van der Waals surface area contributed by atoms with Crippen LogP contribution in [0.3, 0.4) is 0 Å². The van der Waals surface area contributed by atoms with Crippen molar-refractivity contribution < 1.29 is 116 Å². The maximum absolute atomic E-state index is 9.98. The summed E-state index contributed by atoms with van der Waals surface area (Å²) in [6.45, 7) is -3.19. The van der Waals surface area contributed by atoms with Crippen LogP contribution in [0.25, 0.3) is 0 Å². The van der Waals surface area contributed by atoms with Gasteiger partial charge in [0, 0.05) is 0 Å². The minimum atomic E-state index is -2.13. The highest BCUT2D eigenvalue weighted by molar-refractivity contribution is 5.57. The van der Waals surface area contributed by atoms with Gasteiger partial charge in [-0.15, -0.1) is 0 Å². The number of carbonyl (C=O) groups excluding carboxylic acids is 2. The summed E-state index contributed by atoms with van der Waals surface area (Å²) in [5.41, 5.74) is 0. The van der Waals surface area contributed by atoms with Crippen LogP contribution < -0.4 is 0 Å². The van der Waals surface area contributed by atoms with E-state index in [2.05, 4.69) is 0 Å². The smallest absolute Gasteiger partial charge is 0.151 e. The van der Waals surface area contributed by atoms with E-state index in [0.29, 0.717) is 0 Å². The predicted molar refractivity (Wildman–Crippen MR) is 145 cm³/mol. The molecule has 1 aliphatic heterocycles. The van der Waals surface area contributed by atoms with Gasteiger partial charge in [0.25, 0.3) is 0 Å². The molecular formula is C24H48O23. The van der Waals surface area contributed by atoms with E-state index >= 15 is 0 Å². The Hall–Kier alpha value is -1.50. The van der Waals surface area contributed by atoms with E-state index in [4.69, 9.17) is 66.0 Å². The summed E-state index contributed by atoms with van der Waals surface area (Å²) < 4.78 is 5.01. The third-order valence-corrected chi connectivity index (χ3v) is 6.74. The van der Waals surface area contributed by atoms with E-state index in [-0.39, 0.29) is 12.6 Å². The summed E-state index contributed by atoms with van der Waals surface area (Å²) in [5, 5.41) is 182. The minimum Gasteiger partial charge on any atom is -0.394 e. The molecule has 1 heterocycles. The molecule has 0 aliphatic carbocycles. The summed E-state index contributed by atoms with van der Waals surface area (Å²) >= 11 is 0. The van der Waals surface area contributed by atoms with Crippen LogP contribution >= 0.6 is 0 Å². The van der Waals surface area contributed by atoms with Crippen molar-refractivity contribution in [2.24, 2.45) is 0 Å².